The maximum atomic E-state index is 12.3. The summed E-state index contributed by atoms with van der Waals surface area (Å²) in [5.41, 5.74) is 0. The van der Waals surface area contributed by atoms with E-state index in [1.54, 1.807) is 11.3 Å². The molecule has 0 aromatic carbocycles. The topological polar surface area (TPSA) is 35.6 Å². The van der Waals surface area contributed by atoms with E-state index in [4.69, 9.17) is 0 Å². The summed E-state index contributed by atoms with van der Waals surface area (Å²) in [7, 11) is 1.90. The van der Waals surface area contributed by atoms with Crippen molar-refractivity contribution in [1.82, 2.24) is 15.1 Å². The lowest BCUT2D eigenvalue weighted by Gasteiger charge is -2.29. The van der Waals surface area contributed by atoms with Crippen molar-refractivity contribution in [2.75, 3.05) is 46.3 Å². The van der Waals surface area contributed by atoms with Gasteiger partial charge < -0.3 is 10.2 Å². The van der Waals surface area contributed by atoms with Crippen molar-refractivity contribution in [1.29, 1.82) is 0 Å². The molecule has 0 atom stereocenters. The summed E-state index contributed by atoms with van der Waals surface area (Å²) in [6.07, 6.45) is 1.00. The van der Waals surface area contributed by atoms with Gasteiger partial charge in [0.2, 0.25) is 0 Å². The van der Waals surface area contributed by atoms with Crippen LogP contribution in [0.5, 0.6) is 0 Å². The Hall–Kier alpha value is -0.910. The van der Waals surface area contributed by atoms with E-state index in [0.717, 1.165) is 50.6 Å². The normalized spacial score (nSPS) is 16.5. The van der Waals surface area contributed by atoms with E-state index in [0.29, 0.717) is 0 Å². The predicted molar refractivity (Wildman–Crippen MR) is 80.0 cm³/mol. The summed E-state index contributed by atoms with van der Waals surface area (Å²) in [5, 5.41) is 3.34. The molecule has 1 aromatic rings. The molecule has 5 heteroatoms. The van der Waals surface area contributed by atoms with E-state index in [2.05, 4.69) is 23.2 Å². The molecule has 106 valence electrons. The predicted octanol–water partition coefficient (Wildman–Crippen LogP) is 1.29. The van der Waals surface area contributed by atoms with E-state index < -0.39 is 0 Å². The number of carbonyl (C=O) groups is 1. The third-order valence-electron chi connectivity index (χ3n) is 3.53. The minimum absolute atomic E-state index is 0.153. The first-order valence-corrected chi connectivity index (χ1v) is 7.79. The van der Waals surface area contributed by atoms with Gasteiger partial charge in [0.25, 0.3) is 5.91 Å². The van der Waals surface area contributed by atoms with Gasteiger partial charge >= 0.3 is 0 Å². The Bertz CT molecular complexity index is 413. The molecule has 0 unspecified atom stereocenters. The van der Waals surface area contributed by atoms with Crippen molar-refractivity contribution >= 4 is 17.2 Å². The Morgan fingerprint density at radius 3 is 2.79 bits per heavy atom. The van der Waals surface area contributed by atoms with Crippen LogP contribution in [-0.2, 0) is 6.42 Å². The van der Waals surface area contributed by atoms with Gasteiger partial charge in [0, 0.05) is 51.2 Å². The Morgan fingerprint density at radius 1 is 1.42 bits per heavy atom. The number of nitrogens with zero attached hydrogens (tertiary/aromatic N) is 2. The molecule has 4 nitrogen and oxygen atoms in total. The summed E-state index contributed by atoms with van der Waals surface area (Å²) < 4.78 is 0. The highest BCUT2D eigenvalue weighted by Crippen LogP contribution is 2.18. The molecule has 0 bridgehead atoms. The standard InChI is InChI=1S/C14H23N3OS/c1-3-12-4-5-13(19-12)14(18)16(2)10-11-17-8-6-15-7-9-17/h4-5,15H,3,6-11H2,1-2H3. The summed E-state index contributed by atoms with van der Waals surface area (Å²) in [6, 6.07) is 4.01. The fraction of sp³-hybridized carbons (Fsp3) is 0.643. The number of carbonyl (C=O) groups excluding carboxylic acids is 1. The van der Waals surface area contributed by atoms with Crippen molar-refractivity contribution in [3.63, 3.8) is 0 Å². The van der Waals surface area contributed by atoms with Gasteiger partial charge in [-0.05, 0) is 18.6 Å². The monoisotopic (exact) mass is 281 g/mol. The number of amides is 1. The number of nitrogens with one attached hydrogen (secondary N) is 1. The van der Waals surface area contributed by atoms with Crippen molar-refractivity contribution in [3.05, 3.63) is 21.9 Å². The number of piperazine rings is 1. The number of rotatable bonds is 5. The molecule has 1 aliphatic rings. The van der Waals surface area contributed by atoms with Crippen molar-refractivity contribution in [3.8, 4) is 0 Å². The van der Waals surface area contributed by atoms with Crippen LogP contribution in [0, 0.1) is 0 Å². The van der Waals surface area contributed by atoms with Gasteiger partial charge in [0.1, 0.15) is 0 Å². The highest BCUT2D eigenvalue weighted by Gasteiger charge is 2.16. The van der Waals surface area contributed by atoms with Crippen LogP contribution in [0.2, 0.25) is 0 Å². The molecule has 1 aliphatic heterocycles. The SMILES string of the molecule is CCc1ccc(C(=O)N(C)CCN2CCNCC2)s1. The number of aryl methyl sites for hydroxylation is 1. The third kappa shape index (κ3) is 4.03. The largest absolute Gasteiger partial charge is 0.340 e. The van der Waals surface area contributed by atoms with Crippen LogP contribution in [0.1, 0.15) is 21.5 Å². The molecular formula is C14H23N3OS. The van der Waals surface area contributed by atoms with Gasteiger partial charge in [-0.25, -0.2) is 0 Å². The van der Waals surface area contributed by atoms with Crippen molar-refractivity contribution in [2.45, 2.75) is 13.3 Å². The molecule has 2 heterocycles. The van der Waals surface area contributed by atoms with Crippen LogP contribution < -0.4 is 5.32 Å². The molecule has 0 radical (unpaired) electrons. The molecule has 1 N–H and O–H groups in total. The van der Waals surface area contributed by atoms with E-state index in [1.165, 1.54) is 4.88 Å². The lowest BCUT2D eigenvalue weighted by Crippen LogP contribution is -2.46. The van der Waals surface area contributed by atoms with Crippen LogP contribution in [0.4, 0.5) is 0 Å². The van der Waals surface area contributed by atoms with Crippen LogP contribution >= 0.6 is 11.3 Å². The van der Waals surface area contributed by atoms with Gasteiger partial charge in [0.15, 0.2) is 0 Å². The van der Waals surface area contributed by atoms with Gasteiger partial charge in [-0.1, -0.05) is 6.92 Å². The second-order valence-electron chi connectivity index (χ2n) is 4.94. The lowest BCUT2D eigenvalue weighted by atomic mass is 10.3. The highest BCUT2D eigenvalue weighted by molar-refractivity contribution is 7.14. The Labute approximate surface area is 119 Å². The lowest BCUT2D eigenvalue weighted by molar-refractivity contribution is 0.0779. The molecule has 2 rings (SSSR count). The van der Waals surface area contributed by atoms with Crippen molar-refractivity contribution in [2.24, 2.45) is 0 Å². The van der Waals surface area contributed by atoms with E-state index in [-0.39, 0.29) is 5.91 Å². The highest BCUT2D eigenvalue weighted by atomic mass is 32.1. The summed E-state index contributed by atoms with van der Waals surface area (Å²) in [6.45, 7) is 8.18. The number of likely N-dealkylation sites (N-methyl/N-ethyl adjacent to an activating group) is 1. The molecule has 1 fully saturated rings. The van der Waals surface area contributed by atoms with Gasteiger partial charge in [-0.15, -0.1) is 11.3 Å². The summed E-state index contributed by atoms with van der Waals surface area (Å²) >= 11 is 1.62. The molecular weight excluding hydrogens is 258 g/mol. The average molecular weight is 281 g/mol. The molecule has 1 aromatic heterocycles. The van der Waals surface area contributed by atoms with Crippen LogP contribution in [0.25, 0.3) is 0 Å². The molecule has 0 aliphatic carbocycles. The van der Waals surface area contributed by atoms with Gasteiger partial charge in [0.05, 0.1) is 4.88 Å². The van der Waals surface area contributed by atoms with Crippen molar-refractivity contribution < 1.29 is 4.79 Å². The Balaban J connectivity index is 1.81. The number of hydrogen-bond donors (Lipinski definition) is 1. The molecule has 1 saturated heterocycles. The molecule has 19 heavy (non-hydrogen) atoms. The summed E-state index contributed by atoms with van der Waals surface area (Å²) in [5.74, 6) is 0.153. The molecule has 0 spiro atoms. The molecule has 0 saturated carbocycles. The number of thiophene rings is 1. The van der Waals surface area contributed by atoms with Crippen LogP contribution in [0.3, 0.4) is 0 Å². The quantitative estimate of drug-likeness (QED) is 0.883. The van der Waals surface area contributed by atoms with Crippen LogP contribution in [0.15, 0.2) is 12.1 Å². The van der Waals surface area contributed by atoms with E-state index in [9.17, 15) is 4.79 Å². The smallest absolute Gasteiger partial charge is 0.263 e. The first kappa shape index (κ1) is 14.5. The van der Waals surface area contributed by atoms with Gasteiger partial charge in [-0.2, -0.15) is 0 Å². The zero-order valence-corrected chi connectivity index (χ0v) is 12.6. The fourth-order valence-corrected chi connectivity index (χ4v) is 3.14. The van der Waals surface area contributed by atoms with E-state index >= 15 is 0 Å². The maximum absolute atomic E-state index is 12.3. The third-order valence-corrected chi connectivity index (χ3v) is 4.75. The first-order chi connectivity index (χ1) is 9.20. The Kier molecular flexibility index (Phi) is 5.36. The minimum Gasteiger partial charge on any atom is -0.340 e. The average Bonchev–Trinajstić information content (AvgIpc) is 2.94. The second kappa shape index (κ2) is 7.03. The number of hydrogen-bond acceptors (Lipinski definition) is 4. The van der Waals surface area contributed by atoms with Crippen LogP contribution in [-0.4, -0.2) is 62.0 Å². The minimum atomic E-state index is 0.153. The zero-order valence-electron chi connectivity index (χ0n) is 11.8. The Morgan fingerprint density at radius 2 is 2.16 bits per heavy atom. The molecule has 1 amide bonds. The summed E-state index contributed by atoms with van der Waals surface area (Å²) in [4.78, 5) is 18.6. The maximum Gasteiger partial charge on any atom is 0.263 e. The first-order valence-electron chi connectivity index (χ1n) is 6.98. The fourth-order valence-electron chi connectivity index (χ4n) is 2.20. The van der Waals surface area contributed by atoms with Gasteiger partial charge in [-0.3, -0.25) is 9.69 Å². The zero-order chi connectivity index (χ0) is 13.7. The second-order valence-corrected chi connectivity index (χ2v) is 6.11. The van der Waals surface area contributed by atoms with E-state index in [1.807, 2.05) is 18.0 Å².